The summed E-state index contributed by atoms with van der Waals surface area (Å²) in [5, 5.41) is 3.75. The van der Waals surface area contributed by atoms with Gasteiger partial charge < -0.3 is 5.32 Å². The summed E-state index contributed by atoms with van der Waals surface area (Å²) in [7, 11) is 0. The first-order valence-electron chi connectivity index (χ1n) is 4.71. The van der Waals surface area contributed by atoms with Gasteiger partial charge in [-0.15, -0.1) is 0 Å². The van der Waals surface area contributed by atoms with Crippen molar-refractivity contribution in [3.63, 3.8) is 0 Å². The van der Waals surface area contributed by atoms with Crippen molar-refractivity contribution in [1.82, 2.24) is 5.32 Å². The zero-order chi connectivity index (χ0) is 6.55. The molecule has 0 spiro atoms. The van der Waals surface area contributed by atoms with E-state index in [9.17, 15) is 0 Å². The Morgan fingerprint density at radius 2 is 1.60 bits per heavy atom. The van der Waals surface area contributed by atoms with Crippen LogP contribution >= 0.6 is 0 Å². The number of hydrogen-bond donors (Lipinski definition) is 1. The lowest BCUT2D eigenvalue weighted by molar-refractivity contribution is 0.221. The smallest absolute Gasteiger partial charge is 0.0101 e. The normalized spacial score (nSPS) is 57.6. The molecule has 0 bridgehead atoms. The lowest BCUT2D eigenvalue weighted by Crippen LogP contribution is -2.37. The maximum absolute atomic E-state index is 3.75. The quantitative estimate of drug-likeness (QED) is 0.534. The first-order chi connectivity index (χ1) is 4.95. The Balaban J connectivity index is 1.85. The molecule has 2 saturated carbocycles. The Morgan fingerprint density at radius 1 is 0.800 bits per heavy atom. The highest BCUT2D eigenvalue weighted by molar-refractivity contribution is 5.05. The molecule has 1 saturated heterocycles. The predicted octanol–water partition coefficient (Wildman–Crippen LogP) is 1.54. The molecular formula is C9H15N. The van der Waals surface area contributed by atoms with Crippen LogP contribution in [-0.4, -0.2) is 12.1 Å². The van der Waals surface area contributed by atoms with E-state index in [4.69, 9.17) is 0 Å². The van der Waals surface area contributed by atoms with Crippen LogP contribution in [-0.2, 0) is 0 Å². The molecule has 0 aromatic carbocycles. The average molecular weight is 137 g/mol. The molecule has 1 aliphatic heterocycles. The predicted molar refractivity (Wildman–Crippen MR) is 40.8 cm³/mol. The SMILES string of the molecule is C1CC2NC3CCC3C2C1. The maximum Gasteiger partial charge on any atom is 0.0101 e. The largest absolute Gasteiger partial charge is 0.311 e. The number of hydrogen-bond acceptors (Lipinski definition) is 1. The van der Waals surface area contributed by atoms with Crippen LogP contribution in [0, 0.1) is 11.8 Å². The Hall–Kier alpha value is -0.0400. The second-order valence-corrected chi connectivity index (χ2v) is 4.22. The lowest BCUT2D eigenvalue weighted by atomic mass is 9.74. The average Bonchev–Trinajstić information content (AvgIpc) is 2.35. The molecule has 10 heavy (non-hydrogen) atoms. The molecule has 0 amide bonds. The van der Waals surface area contributed by atoms with Crippen LogP contribution in [0.5, 0.6) is 0 Å². The minimum Gasteiger partial charge on any atom is -0.311 e. The van der Waals surface area contributed by atoms with Crippen LogP contribution in [0.3, 0.4) is 0 Å². The van der Waals surface area contributed by atoms with Crippen molar-refractivity contribution in [2.75, 3.05) is 0 Å². The van der Waals surface area contributed by atoms with E-state index < -0.39 is 0 Å². The third-order valence-corrected chi connectivity index (χ3v) is 3.88. The first-order valence-corrected chi connectivity index (χ1v) is 4.71. The number of rotatable bonds is 0. The van der Waals surface area contributed by atoms with Gasteiger partial charge in [0.2, 0.25) is 0 Å². The standard InChI is InChI=1S/C9H15N/c1-2-6-7-4-5-9(7)10-8(6)3-1/h6-10H,1-5H2. The van der Waals surface area contributed by atoms with Gasteiger partial charge in [-0.05, 0) is 37.5 Å². The molecule has 4 unspecified atom stereocenters. The monoisotopic (exact) mass is 137 g/mol. The van der Waals surface area contributed by atoms with Crippen molar-refractivity contribution in [3.8, 4) is 0 Å². The minimum atomic E-state index is 0.942. The van der Waals surface area contributed by atoms with E-state index in [-0.39, 0.29) is 0 Å². The third-order valence-electron chi connectivity index (χ3n) is 3.88. The van der Waals surface area contributed by atoms with Gasteiger partial charge in [0.15, 0.2) is 0 Å². The molecule has 3 rings (SSSR count). The van der Waals surface area contributed by atoms with E-state index in [0.29, 0.717) is 0 Å². The van der Waals surface area contributed by atoms with Crippen LogP contribution in [0.25, 0.3) is 0 Å². The van der Waals surface area contributed by atoms with E-state index in [1.54, 1.807) is 0 Å². The fraction of sp³-hybridized carbons (Fsp3) is 1.00. The van der Waals surface area contributed by atoms with Crippen molar-refractivity contribution in [3.05, 3.63) is 0 Å². The van der Waals surface area contributed by atoms with Crippen molar-refractivity contribution >= 4 is 0 Å². The van der Waals surface area contributed by atoms with Crippen LogP contribution in [0.1, 0.15) is 32.1 Å². The Bertz CT molecular complexity index is 153. The fourth-order valence-electron chi connectivity index (χ4n) is 3.23. The molecule has 1 nitrogen and oxygen atoms in total. The summed E-state index contributed by atoms with van der Waals surface area (Å²) in [5.74, 6) is 2.20. The van der Waals surface area contributed by atoms with Gasteiger partial charge in [-0.25, -0.2) is 0 Å². The first kappa shape index (κ1) is 5.59. The number of nitrogens with one attached hydrogen (secondary N) is 1. The molecule has 1 heterocycles. The van der Waals surface area contributed by atoms with Crippen molar-refractivity contribution in [1.29, 1.82) is 0 Å². The highest BCUT2D eigenvalue weighted by Crippen LogP contribution is 2.47. The van der Waals surface area contributed by atoms with E-state index in [1.807, 2.05) is 0 Å². The van der Waals surface area contributed by atoms with Crippen LogP contribution in [0.15, 0.2) is 0 Å². The van der Waals surface area contributed by atoms with E-state index in [1.165, 1.54) is 32.1 Å². The van der Waals surface area contributed by atoms with Gasteiger partial charge in [0.05, 0.1) is 0 Å². The summed E-state index contributed by atoms with van der Waals surface area (Å²) in [5.41, 5.74) is 0. The topological polar surface area (TPSA) is 12.0 Å². The van der Waals surface area contributed by atoms with Gasteiger partial charge in [-0.2, -0.15) is 0 Å². The molecule has 56 valence electrons. The van der Waals surface area contributed by atoms with E-state index in [0.717, 1.165) is 23.9 Å². The van der Waals surface area contributed by atoms with Gasteiger partial charge in [-0.1, -0.05) is 6.42 Å². The third kappa shape index (κ3) is 0.531. The van der Waals surface area contributed by atoms with Gasteiger partial charge in [0.1, 0.15) is 0 Å². The maximum atomic E-state index is 3.75. The molecule has 1 heteroatoms. The highest BCUT2D eigenvalue weighted by Gasteiger charge is 2.48. The van der Waals surface area contributed by atoms with Crippen LogP contribution in [0.2, 0.25) is 0 Å². The summed E-state index contributed by atoms with van der Waals surface area (Å²) in [6.45, 7) is 0. The summed E-state index contributed by atoms with van der Waals surface area (Å²) in [4.78, 5) is 0. The summed E-state index contributed by atoms with van der Waals surface area (Å²) >= 11 is 0. The van der Waals surface area contributed by atoms with Crippen molar-refractivity contribution in [2.24, 2.45) is 11.8 Å². The van der Waals surface area contributed by atoms with Gasteiger partial charge in [-0.3, -0.25) is 0 Å². The molecule has 3 fully saturated rings. The zero-order valence-electron chi connectivity index (χ0n) is 6.34. The van der Waals surface area contributed by atoms with E-state index >= 15 is 0 Å². The molecule has 4 atom stereocenters. The van der Waals surface area contributed by atoms with Gasteiger partial charge in [0.25, 0.3) is 0 Å². The zero-order valence-corrected chi connectivity index (χ0v) is 6.34. The number of fused-ring (bicyclic) bond motifs is 3. The molecular weight excluding hydrogens is 122 g/mol. The molecule has 3 aliphatic rings. The fourth-order valence-corrected chi connectivity index (χ4v) is 3.23. The molecule has 2 aliphatic carbocycles. The lowest BCUT2D eigenvalue weighted by Gasteiger charge is -2.32. The molecule has 0 aromatic rings. The van der Waals surface area contributed by atoms with E-state index in [2.05, 4.69) is 5.32 Å². The minimum absolute atomic E-state index is 0.942. The van der Waals surface area contributed by atoms with Crippen LogP contribution in [0.4, 0.5) is 0 Å². The van der Waals surface area contributed by atoms with Gasteiger partial charge >= 0.3 is 0 Å². The van der Waals surface area contributed by atoms with Crippen molar-refractivity contribution < 1.29 is 0 Å². The van der Waals surface area contributed by atoms with Crippen molar-refractivity contribution in [2.45, 2.75) is 44.2 Å². The Kier molecular flexibility index (Phi) is 0.984. The summed E-state index contributed by atoms with van der Waals surface area (Å²) in [6, 6.07) is 1.90. The molecule has 0 radical (unpaired) electrons. The second-order valence-electron chi connectivity index (χ2n) is 4.22. The van der Waals surface area contributed by atoms with Crippen LogP contribution < -0.4 is 5.32 Å². The summed E-state index contributed by atoms with van der Waals surface area (Å²) in [6.07, 6.45) is 7.48. The summed E-state index contributed by atoms with van der Waals surface area (Å²) < 4.78 is 0. The highest BCUT2D eigenvalue weighted by atomic mass is 15.0. The Morgan fingerprint density at radius 3 is 2.40 bits per heavy atom. The molecule has 1 N–H and O–H groups in total. The molecule has 0 aromatic heterocycles. The second kappa shape index (κ2) is 1.76. The Labute approximate surface area is 62.2 Å². The van der Waals surface area contributed by atoms with Gasteiger partial charge in [0, 0.05) is 12.1 Å².